The zero-order valence-corrected chi connectivity index (χ0v) is 36.3. The van der Waals surface area contributed by atoms with E-state index >= 15 is 0 Å². The normalized spacial score (nSPS) is 39.7. The molecular formula is C49H75FN2O5. The number of carbonyl (C=O) groups is 3. The predicted octanol–water partition coefficient (Wildman–Crippen LogP) is 9.01. The van der Waals surface area contributed by atoms with Gasteiger partial charge in [0.2, 0.25) is 0 Å². The Morgan fingerprint density at radius 1 is 0.947 bits per heavy atom. The number of aliphatic hydroxyl groups is 1. The van der Waals surface area contributed by atoms with Crippen molar-refractivity contribution in [1.29, 1.82) is 0 Å². The van der Waals surface area contributed by atoms with Crippen LogP contribution in [0, 0.1) is 75.4 Å². The molecule has 6 fully saturated rings. The van der Waals surface area contributed by atoms with E-state index in [0.717, 1.165) is 84.9 Å². The molecule has 7 aliphatic rings. The fourth-order valence-corrected chi connectivity index (χ4v) is 14.8. The van der Waals surface area contributed by atoms with Gasteiger partial charge in [0.15, 0.2) is 5.78 Å². The van der Waals surface area contributed by atoms with Crippen LogP contribution in [0.5, 0.6) is 0 Å². The number of benzene rings is 1. The largest absolute Gasteiger partial charge is 0.400 e. The van der Waals surface area contributed by atoms with Crippen LogP contribution in [0.1, 0.15) is 124 Å². The van der Waals surface area contributed by atoms with E-state index in [1.807, 2.05) is 0 Å². The number of nitrogens with one attached hydrogen (secondary N) is 1. The summed E-state index contributed by atoms with van der Waals surface area (Å²) >= 11 is 0. The van der Waals surface area contributed by atoms with Crippen molar-refractivity contribution in [2.45, 2.75) is 125 Å². The van der Waals surface area contributed by atoms with Crippen molar-refractivity contribution in [3.63, 3.8) is 0 Å². The zero-order valence-electron chi connectivity index (χ0n) is 36.3. The third-order valence-electron chi connectivity index (χ3n) is 17.8. The molecule has 7 nitrogen and oxygen atoms in total. The first kappa shape index (κ1) is 44.1. The molecule has 0 spiro atoms. The Morgan fingerprint density at radius 3 is 2.28 bits per heavy atom. The predicted molar refractivity (Wildman–Crippen MR) is 227 cm³/mol. The topological polar surface area (TPSA) is 95.9 Å². The number of fused-ring (bicyclic) bond motifs is 7. The molecule has 12 unspecified atom stereocenters. The van der Waals surface area contributed by atoms with Crippen LogP contribution in [0.4, 0.5) is 10.4 Å². The van der Waals surface area contributed by atoms with Crippen LogP contribution in [-0.2, 0) is 25.7 Å². The van der Waals surface area contributed by atoms with Crippen LogP contribution >= 0.6 is 0 Å². The Kier molecular flexibility index (Phi) is 13.7. The maximum Gasteiger partial charge on any atom is 0.159 e. The number of rotatable bonds is 11. The number of carbonyl (C=O) groups excluding carboxylic acids is 3. The lowest BCUT2D eigenvalue weighted by molar-refractivity contribution is -0.172. The number of aldehydes is 1. The fraction of sp³-hybridized carbons (Fsp3) is 0.776. The average molecular weight is 791 g/mol. The van der Waals surface area contributed by atoms with Crippen molar-refractivity contribution in [3.05, 3.63) is 41.0 Å². The van der Waals surface area contributed by atoms with Crippen molar-refractivity contribution in [3.8, 4) is 0 Å². The van der Waals surface area contributed by atoms with Crippen molar-refractivity contribution >= 4 is 23.5 Å². The molecule has 8 rings (SSSR count). The molecule has 6 aliphatic carbocycles. The quantitative estimate of drug-likeness (QED) is 0.171. The lowest BCUT2D eigenvalue weighted by Gasteiger charge is -2.67. The maximum absolute atomic E-state index is 14.0. The monoisotopic (exact) mass is 791 g/mol. The minimum atomic E-state index is 0. The molecule has 0 aromatic heterocycles. The summed E-state index contributed by atoms with van der Waals surface area (Å²) in [6, 6.07) is 9.05. The summed E-state index contributed by atoms with van der Waals surface area (Å²) in [5, 5.41) is 10.8. The van der Waals surface area contributed by atoms with Gasteiger partial charge in [0.1, 0.15) is 12.1 Å². The molecule has 318 valence electrons. The molecule has 12 atom stereocenters. The van der Waals surface area contributed by atoms with Gasteiger partial charge < -0.3 is 24.9 Å². The second kappa shape index (κ2) is 17.7. The number of hydrogen-bond donors (Lipinski definition) is 2. The molecule has 1 aromatic carbocycles. The molecule has 0 radical (unpaired) electrons. The number of halogens is 1. The Balaban J connectivity index is 0.00000180. The highest BCUT2D eigenvalue weighted by Gasteiger charge is 2.64. The average Bonchev–Trinajstić information content (AvgIpc) is 3.51. The highest BCUT2D eigenvalue weighted by atomic mass is 19.0. The standard InChI is InChI=1S/C48H70N2O4.CH4O.FH/c1-30(2)44-42(53)27-48(19-20-49-28-33-7-9-36(10-8-33)50-21-23-54-24-22-50)18-15-40-37(45(44)48)11-12-43-46(5)16-13-34(32(4)39(46)14-17-47(40,43)6)26-41(52)38-25-35(29-51)31(38)3;1-2;/h7-10,29-32,34-35,37-40,43,49H,11-28H2,1-6H3;2H,1H3;1H. The fourth-order valence-electron chi connectivity index (χ4n) is 14.8. The molecular weight excluding hydrogens is 716 g/mol. The molecule has 0 amide bonds. The number of anilines is 1. The van der Waals surface area contributed by atoms with Crippen molar-refractivity contribution in [2.24, 2.45) is 75.4 Å². The Morgan fingerprint density at radius 2 is 1.61 bits per heavy atom. The van der Waals surface area contributed by atoms with Crippen LogP contribution in [0.25, 0.3) is 0 Å². The first-order valence-electron chi connectivity index (χ1n) is 22.7. The van der Waals surface area contributed by atoms with E-state index in [1.165, 1.54) is 61.8 Å². The van der Waals surface area contributed by atoms with Crippen molar-refractivity contribution < 1.29 is 28.9 Å². The third kappa shape index (κ3) is 7.75. The minimum Gasteiger partial charge on any atom is -0.400 e. The SMILES string of the molecule is CC(C)C1=C2C3CCC4C(C)(CCC5C(C)C(CC(=O)C6CC(C=O)C6C)CCC54C)C3CCC2(CCNCc2ccc(N3CCOCC3)cc2)CC1=O.CO.F. The van der Waals surface area contributed by atoms with Crippen LogP contribution in [0.15, 0.2) is 35.4 Å². The summed E-state index contributed by atoms with van der Waals surface area (Å²) in [7, 11) is 1.00. The number of ketones is 2. The van der Waals surface area contributed by atoms with E-state index in [-0.39, 0.29) is 33.8 Å². The van der Waals surface area contributed by atoms with Crippen LogP contribution < -0.4 is 10.2 Å². The molecule has 2 N–H and O–H groups in total. The molecule has 1 heterocycles. The Bertz CT molecular complexity index is 1620. The summed E-state index contributed by atoms with van der Waals surface area (Å²) in [5.41, 5.74) is 6.08. The summed E-state index contributed by atoms with van der Waals surface area (Å²) in [6.07, 6.45) is 14.3. The van der Waals surface area contributed by atoms with Gasteiger partial charge in [-0.15, -0.1) is 0 Å². The van der Waals surface area contributed by atoms with E-state index in [1.54, 1.807) is 5.57 Å². The van der Waals surface area contributed by atoms with Gasteiger partial charge in [0.25, 0.3) is 0 Å². The number of ether oxygens (including phenoxy) is 1. The third-order valence-corrected chi connectivity index (χ3v) is 17.8. The highest BCUT2D eigenvalue weighted by Crippen LogP contribution is 2.72. The number of Topliss-reactive ketones (excluding diaryl/α,β-unsaturated/α-hetero) is 2. The van der Waals surface area contributed by atoms with Crippen molar-refractivity contribution in [1.82, 2.24) is 5.32 Å². The van der Waals surface area contributed by atoms with Crippen LogP contribution in [-0.4, -0.2) is 62.9 Å². The van der Waals surface area contributed by atoms with Crippen LogP contribution in [0.2, 0.25) is 0 Å². The van der Waals surface area contributed by atoms with Gasteiger partial charge in [-0.05, 0) is 152 Å². The Hall–Kier alpha value is -2.42. The zero-order chi connectivity index (χ0) is 40.0. The van der Waals surface area contributed by atoms with Gasteiger partial charge in [-0.3, -0.25) is 14.3 Å². The van der Waals surface area contributed by atoms with Gasteiger partial charge in [-0.25, -0.2) is 0 Å². The number of allylic oxidation sites excluding steroid dienone is 2. The summed E-state index contributed by atoms with van der Waals surface area (Å²) < 4.78 is 5.54. The van der Waals surface area contributed by atoms with E-state index in [0.29, 0.717) is 57.9 Å². The lowest BCUT2D eigenvalue weighted by atomic mass is 9.37. The van der Waals surface area contributed by atoms with Gasteiger partial charge in [0, 0.05) is 62.5 Å². The molecule has 1 aliphatic heterocycles. The van der Waals surface area contributed by atoms with E-state index < -0.39 is 0 Å². The van der Waals surface area contributed by atoms with Gasteiger partial charge in [0.05, 0.1) is 13.2 Å². The van der Waals surface area contributed by atoms with E-state index in [2.05, 4.69) is 76.0 Å². The second-order valence-electron chi connectivity index (χ2n) is 20.4. The smallest absolute Gasteiger partial charge is 0.159 e. The molecule has 1 aromatic rings. The Labute approximate surface area is 343 Å². The van der Waals surface area contributed by atoms with Gasteiger partial charge in [-0.2, -0.15) is 0 Å². The number of morpholine rings is 1. The van der Waals surface area contributed by atoms with E-state index in [9.17, 15) is 14.4 Å². The highest BCUT2D eigenvalue weighted by molar-refractivity contribution is 6.00. The molecule has 57 heavy (non-hydrogen) atoms. The summed E-state index contributed by atoms with van der Waals surface area (Å²) in [6.45, 7) is 19.8. The lowest BCUT2D eigenvalue weighted by Crippen LogP contribution is -2.60. The first-order chi connectivity index (χ1) is 26.9. The summed E-state index contributed by atoms with van der Waals surface area (Å²) in [4.78, 5) is 41.2. The van der Waals surface area contributed by atoms with Gasteiger partial charge >= 0.3 is 0 Å². The molecule has 1 saturated heterocycles. The molecule has 5 saturated carbocycles. The maximum atomic E-state index is 14.0. The van der Waals surface area contributed by atoms with Crippen molar-refractivity contribution in [2.75, 3.05) is 44.9 Å². The minimum absolute atomic E-state index is 0. The molecule has 8 heteroatoms. The van der Waals surface area contributed by atoms with Gasteiger partial charge in [-0.1, -0.05) is 59.2 Å². The summed E-state index contributed by atoms with van der Waals surface area (Å²) in [5.74, 6) is 5.24. The van der Waals surface area contributed by atoms with Crippen LogP contribution in [0.3, 0.4) is 0 Å². The van der Waals surface area contributed by atoms with E-state index in [4.69, 9.17) is 9.84 Å². The number of nitrogens with zero attached hydrogens (tertiary/aromatic N) is 1. The first-order valence-corrected chi connectivity index (χ1v) is 22.7. The number of hydrogen-bond acceptors (Lipinski definition) is 7. The number of aliphatic hydroxyl groups excluding tert-OH is 1. The molecule has 0 bridgehead atoms. The second-order valence-corrected chi connectivity index (χ2v) is 20.4.